The monoisotopic (exact) mass is 277 g/mol. The second kappa shape index (κ2) is 5.27. The van der Waals surface area contributed by atoms with Gasteiger partial charge in [-0.3, -0.25) is 4.79 Å². The molecule has 0 radical (unpaired) electrons. The van der Waals surface area contributed by atoms with Crippen molar-refractivity contribution >= 4 is 27.5 Å². The molecule has 0 atom stereocenters. The average Bonchev–Trinajstić information content (AvgIpc) is 2.84. The summed E-state index contributed by atoms with van der Waals surface area (Å²) in [7, 11) is 1.82. The molecular formula is C14H19N3OS. The fourth-order valence-electron chi connectivity index (χ4n) is 1.99. The lowest BCUT2D eigenvalue weighted by Crippen LogP contribution is -2.39. The van der Waals surface area contributed by atoms with E-state index >= 15 is 0 Å². The molecule has 0 bridgehead atoms. The van der Waals surface area contributed by atoms with Crippen LogP contribution >= 0.6 is 11.3 Å². The van der Waals surface area contributed by atoms with Gasteiger partial charge in [-0.15, -0.1) is 11.3 Å². The summed E-state index contributed by atoms with van der Waals surface area (Å²) in [6, 6.07) is 5.62. The van der Waals surface area contributed by atoms with Crippen molar-refractivity contribution in [2.45, 2.75) is 13.8 Å². The number of rotatable bonds is 4. The Bertz CT molecular complexity index is 591. The summed E-state index contributed by atoms with van der Waals surface area (Å²) in [6.45, 7) is 5.31. The second-order valence-electron chi connectivity index (χ2n) is 5.56. The molecule has 102 valence electrons. The third-order valence-electron chi connectivity index (χ3n) is 3.14. The van der Waals surface area contributed by atoms with Crippen LogP contribution in [0.25, 0.3) is 10.2 Å². The van der Waals surface area contributed by atoms with Gasteiger partial charge in [0, 0.05) is 19.2 Å². The minimum Gasteiger partial charge on any atom is -0.341 e. The highest BCUT2D eigenvalue weighted by Gasteiger charge is 2.22. The van der Waals surface area contributed by atoms with Crippen molar-refractivity contribution in [1.82, 2.24) is 9.88 Å². The van der Waals surface area contributed by atoms with E-state index in [1.807, 2.05) is 25.2 Å². The van der Waals surface area contributed by atoms with E-state index in [2.05, 4.69) is 18.8 Å². The van der Waals surface area contributed by atoms with E-state index in [4.69, 9.17) is 5.73 Å². The van der Waals surface area contributed by atoms with E-state index in [9.17, 15) is 4.79 Å². The zero-order valence-corrected chi connectivity index (χ0v) is 12.3. The number of fused-ring (bicyclic) bond motifs is 1. The maximum atomic E-state index is 12.4. The van der Waals surface area contributed by atoms with Gasteiger partial charge in [-0.2, -0.15) is 0 Å². The largest absolute Gasteiger partial charge is 0.341 e. The average molecular weight is 277 g/mol. The summed E-state index contributed by atoms with van der Waals surface area (Å²) in [5.74, 6) is 0.0248. The molecule has 2 aromatic rings. The topological polar surface area (TPSA) is 59.2 Å². The Morgan fingerprint density at radius 2 is 2.21 bits per heavy atom. The smallest absolute Gasteiger partial charge is 0.253 e. The predicted octanol–water partition coefficient (Wildman–Crippen LogP) is 2.35. The molecule has 5 heteroatoms. The van der Waals surface area contributed by atoms with Crippen LogP contribution in [-0.2, 0) is 0 Å². The number of nitrogens with zero attached hydrogens (tertiary/aromatic N) is 2. The Balaban J connectivity index is 2.18. The van der Waals surface area contributed by atoms with Crippen LogP contribution in [0.1, 0.15) is 24.2 Å². The Morgan fingerprint density at radius 1 is 1.47 bits per heavy atom. The third kappa shape index (κ3) is 3.11. The third-order valence-corrected chi connectivity index (χ3v) is 3.93. The highest BCUT2D eigenvalue weighted by Crippen LogP contribution is 2.21. The molecule has 0 aliphatic heterocycles. The van der Waals surface area contributed by atoms with Gasteiger partial charge < -0.3 is 10.6 Å². The standard InChI is InChI=1S/C14H19N3OS/c1-14(2,7-15)8-17(3)13(18)10-4-5-11-12(6-10)19-9-16-11/h4-6,9H,7-8,15H2,1-3H3. The number of carbonyl (C=O) groups is 1. The summed E-state index contributed by atoms with van der Waals surface area (Å²) in [5.41, 5.74) is 9.07. The summed E-state index contributed by atoms with van der Waals surface area (Å²) in [6.07, 6.45) is 0. The lowest BCUT2D eigenvalue weighted by Gasteiger charge is -2.29. The van der Waals surface area contributed by atoms with Gasteiger partial charge in [0.15, 0.2) is 0 Å². The summed E-state index contributed by atoms with van der Waals surface area (Å²) >= 11 is 1.55. The van der Waals surface area contributed by atoms with E-state index in [-0.39, 0.29) is 11.3 Å². The highest BCUT2D eigenvalue weighted by atomic mass is 32.1. The van der Waals surface area contributed by atoms with Gasteiger partial charge in [-0.25, -0.2) is 4.98 Å². The molecule has 1 heterocycles. The first-order valence-corrected chi connectivity index (χ1v) is 7.10. The molecule has 0 saturated heterocycles. The van der Waals surface area contributed by atoms with Crippen molar-refractivity contribution in [3.63, 3.8) is 0 Å². The Kier molecular flexibility index (Phi) is 3.87. The number of carbonyl (C=O) groups excluding carboxylic acids is 1. The minimum atomic E-state index is -0.0704. The SMILES string of the molecule is CN(CC(C)(C)CN)C(=O)c1ccc2ncsc2c1. The van der Waals surface area contributed by atoms with Crippen molar-refractivity contribution in [3.8, 4) is 0 Å². The lowest BCUT2D eigenvalue weighted by molar-refractivity contribution is 0.0741. The zero-order chi connectivity index (χ0) is 14.0. The van der Waals surface area contributed by atoms with E-state index < -0.39 is 0 Å². The summed E-state index contributed by atoms with van der Waals surface area (Å²) < 4.78 is 1.04. The first-order chi connectivity index (χ1) is 8.93. The first kappa shape index (κ1) is 14.0. The molecule has 1 amide bonds. The first-order valence-electron chi connectivity index (χ1n) is 6.22. The second-order valence-corrected chi connectivity index (χ2v) is 6.45. The van der Waals surface area contributed by atoms with Crippen LogP contribution < -0.4 is 5.73 Å². The molecule has 4 nitrogen and oxygen atoms in total. The Morgan fingerprint density at radius 3 is 2.89 bits per heavy atom. The van der Waals surface area contributed by atoms with Gasteiger partial charge in [0.2, 0.25) is 0 Å². The molecule has 2 rings (SSSR count). The number of nitrogens with two attached hydrogens (primary N) is 1. The molecule has 19 heavy (non-hydrogen) atoms. The normalized spacial score (nSPS) is 11.8. The molecule has 0 unspecified atom stereocenters. The van der Waals surface area contributed by atoms with E-state index in [1.54, 1.807) is 21.7 Å². The van der Waals surface area contributed by atoms with Gasteiger partial charge in [-0.05, 0) is 30.2 Å². The zero-order valence-electron chi connectivity index (χ0n) is 11.5. The maximum Gasteiger partial charge on any atom is 0.253 e. The molecule has 0 fully saturated rings. The van der Waals surface area contributed by atoms with Gasteiger partial charge >= 0.3 is 0 Å². The molecule has 1 aromatic heterocycles. The van der Waals surface area contributed by atoms with Crippen molar-refractivity contribution in [1.29, 1.82) is 0 Å². The summed E-state index contributed by atoms with van der Waals surface area (Å²) in [5, 5.41) is 0. The predicted molar refractivity (Wildman–Crippen MR) is 79.4 cm³/mol. The number of benzene rings is 1. The van der Waals surface area contributed by atoms with E-state index in [0.29, 0.717) is 18.7 Å². The van der Waals surface area contributed by atoms with Crippen molar-refractivity contribution < 1.29 is 4.79 Å². The maximum absolute atomic E-state index is 12.4. The summed E-state index contributed by atoms with van der Waals surface area (Å²) in [4.78, 5) is 18.3. The van der Waals surface area contributed by atoms with Crippen LogP contribution in [0.3, 0.4) is 0 Å². The number of aromatic nitrogens is 1. The van der Waals surface area contributed by atoms with Gasteiger partial charge in [0.05, 0.1) is 15.7 Å². The molecule has 2 N–H and O–H groups in total. The Hall–Kier alpha value is -1.46. The van der Waals surface area contributed by atoms with Crippen LogP contribution in [-0.4, -0.2) is 35.9 Å². The van der Waals surface area contributed by atoms with Crippen molar-refractivity contribution in [3.05, 3.63) is 29.3 Å². The van der Waals surface area contributed by atoms with Crippen molar-refractivity contribution in [2.24, 2.45) is 11.1 Å². The van der Waals surface area contributed by atoms with Crippen LogP contribution in [0.15, 0.2) is 23.7 Å². The van der Waals surface area contributed by atoms with Crippen LogP contribution in [0.5, 0.6) is 0 Å². The highest BCUT2D eigenvalue weighted by molar-refractivity contribution is 7.16. The minimum absolute atomic E-state index is 0.0248. The quantitative estimate of drug-likeness (QED) is 0.933. The van der Waals surface area contributed by atoms with E-state index in [1.165, 1.54) is 0 Å². The number of hydrogen-bond acceptors (Lipinski definition) is 4. The van der Waals surface area contributed by atoms with Crippen LogP contribution in [0.4, 0.5) is 0 Å². The van der Waals surface area contributed by atoms with Gasteiger partial charge in [0.1, 0.15) is 0 Å². The van der Waals surface area contributed by atoms with Crippen molar-refractivity contribution in [2.75, 3.05) is 20.1 Å². The number of thiazole rings is 1. The fourth-order valence-corrected chi connectivity index (χ4v) is 2.70. The molecule has 0 spiro atoms. The molecule has 0 aliphatic rings. The fraction of sp³-hybridized carbons (Fsp3) is 0.429. The van der Waals surface area contributed by atoms with Gasteiger partial charge in [0.25, 0.3) is 5.91 Å². The van der Waals surface area contributed by atoms with Crippen LogP contribution in [0, 0.1) is 5.41 Å². The number of hydrogen-bond donors (Lipinski definition) is 1. The Labute approximate surface area is 117 Å². The van der Waals surface area contributed by atoms with Gasteiger partial charge in [-0.1, -0.05) is 13.8 Å². The molecular weight excluding hydrogens is 258 g/mol. The lowest BCUT2D eigenvalue weighted by atomic mass is 9.93. The van der Waals surface area contributed by atoms with Crippen LogP contribution in [0.2, 0.25) is 0 Å². The van der Waals surface area contributed by atoms with E-state index in [0.717, 1.165) is 10.2 Å². The molecule has 0 aliphatic carbocycles. The number of amides is 1. The molecule has 0 saturated carbocycles. The molecule has 1 aromatic carbocycles.